The highest BCUT2D eigenvalue weighted by Crippen LogP contribution is 2.16. The van der Waals surface area contributed by atoms with Crippen LogP contribution in [0.1, 0.15) is 46.5 Å². The minimum atomic E-state index is -0.325. The molecular weight excluding hydrogens is 446 g/mol. The second kappa shape index (κ2) is 12.0. The van der Waals surface area contributed by atoms with E-state index in [0.717, 1.165) is 12.0 Å². The normalized spacial score (nSPS) is 10.5. The molecule has 0 bridgehead atoms. The zero-order chi connectivity index (χ0) is 24.5. The summed E-state index contributed by atoms with van der Waals surface area (Å²) in [5.41, 5.74) is 3.42. The molecule has 0 fully saturated rings. The van der Waals surface area contributed by atoms with Crippen molar-refractivity contribution in [3.05, 3.63) is 89.5 Å². The topological polar surface area (TPSA) is 79.5 Å². The molecule has 0 radical (unpaired) electrons. The number of carbonyl (C=O) groups excluding carboxylic acids is 2. The molecule has 0 aliphatic rings. The Morgan fingerprint density at radius 2 is 1.47 bits per heavy atom. The molecule has 3 aromatic carbocycles. The Balaban J connectivity index is 1.52. The van der Waals surface area contributed by atoms with Gasteiger partial charge in [0.1, 0.15) is 5.75 Å². The number of amides is 2. The van der Waals surface area contributed by atoms with Crippen LogP contribution in [0.15, 0.2) is 72.8 Å². The Morgan fingerprint density at radius 1 is 0.853 bits per heavy atom. The molecule has 3 N–H and O–H groups in total. The van der Waals surface area contributed by atoms with Gasteiger partial charge < -0.3 is 15.4 Å². The number of benzene rings is 3. The van der Waals surface area contributed by atoms with Gasteiger partial charge >= 0.3 is 0 Å². The maximum absolute atomic E-state index is 12.6. The Bertz CT molecular complexity index is 1160. The van der Waals surface area contributed by atoms with Crippen LogP contribution in [0.2, 0.25) is 0 Å². The highest BCUT2D eigenvalue weighted by molar-refractivity contribution is 7.80. The van der Waals surface area contributed by atoms with Gasteiger partial charge in [-0.3, -0.25) is 14.9 Å². The average molecular weight is 476 g/mol. The fourth-order valence-corrected chi connectivity index (χ4v) is 3.31. The molecule has 0 aliphatic carbocycles. The van der Waals surface area contributed by atoms with E-state index in [1.807, 2.05) is 31.2 Å². The quantitative estimate of drug-likeness (QED) is 0.359. The van der Waals surface area contributed by atoms with E-state index in [2.05, 4.69) is 29.8 Å². The molecule has 0 spiro atoms. The van der Waals surface area contributed by atoms with Gasteiger partial charge in [-0.1, -0.05) is 37.6 Å². The summed E-state index contributed by atoms with van der Waals surface area (Å²) in [5, 5.41) is 8.69. The molecule has 6 nitrogen and oxygen atoms in total. The molecule has 2 amide bonds. The van der Waals surface area contributed by atoms with Gasteiger partial charge in [-0.25, -0.2) is 0 Å². The number of ether oxygens (including phenoxy) is 1. The molecule has 0 unspecified atom stereocenters. The van der Waals surface area contributed by atoms with E-state index in [-0.39, 0.29) is 16.9 Å². The number of aryl methyl sites for hydroxylation is 1. The van der Waals surface area contributed by atoms with Crippen LogP contribution in [0.4, 0.5) is 11.4 Å². The summed E-state index contributed by atoms with van der Waals surface area (Å²) in [6.45, 7) is 6.81. The number of rotatable bonds is 8. The van der Waals surface area contributed by atoms with Crippen LogP contribution in [0, 0.1) is 12.8 Å². The highest BCUT2D eigenvalue weighted by Gasteiger charge is 2.10. The average Bonchev–Trinajstić information content (AvgIpc) is 2.80. The van der Waals surface area contributed by atoms with Crippen LogP contribution in [0.5, 0.6) is 5.75 Å². The Morgan fingerprint density at radius 3 is 2.12 bits per heavy atom. The van der Waals surface area contributed by atoms with Gasteiger partial charge in [0, 0.05) is 22.5 Å². The van der Waals surface area contributed by atoms with Crippen LogP contribution in [0.25, 0.3) is 0 Å². The minimum absolute atomic E-state index is 0.174. The van der Waals surface area contributed by atoms with E-state index < -0.39 is 0 Å². The van der Waals surface area contributed by atoms with Crippen molar-refractivity contribution in [3.8, 4) is 5.75 Å². The Kier molecular flexibility index (Phi) is 8.76. The van der Waals surface area contributed by atoms with Crippen molar-refractivity contribution >= 4 is 40.5 Å². The second-order valence-corrected chi connectivity index (χ2v) is 8.78. The second-order valence-electron chi connectivity index (χ2n) is 8.37. The van der Waals surface area contributed by atoms with E-state index in [1.165, 1.54) is 0 Å². The first-order chi connectivity index (χ1) is 16.3. The number of hydrogen-bond donors (Lipinski definition) is 3. The first kappa shape index (κ1) is 24.9. The molecule has 3 rings (SSSR count). The maximum atomic E-state index is 12.6. The molecule has 0 atom stereocenters. The molecule has 0 aliphatic heterocycles. The van der Waals surface area contributed by atoms with Gasteiger partial charge in [-0.05, 0) is 86.1 Å². The SMILES string of the molecule is Cc1cccc(C(=O)Nc2ccc(NC(=S)NC(=O)c3cccc(OCCC(C)C)c3)cc2)c1. The molecular formula is C27H29N3O3S. The summed E-state index contributed by atoms with van der Waals surface area (Å²) in [6, 6.07) is 21.5. The fourth-order valence-electron chi connectivity index (χ4n) is 3.10. The standard InChI is InChI=1S/C27H29N3O3S/c1-18(2)14-15-33-24-9-5-8-21(17-24)26(32)30-27(34)29-23-12-10-22(11-13-23)28-25(31)20-7-4-6-19(3)16-20/h4-13,16-18H,14-15H2,1-3H3,(H,28,31)(H2,29,30,32,34). The van der Waals surface area contributed by atoms with E-state index in [9.17, 15) is 9.59 Å². The summed E-state index contributed by atoms with van der Waals surface area (Å²) in [4.78, 5) is 25.0. The van der Waals surface area contributed by atoms with Crippen LogP contribution >= 0.6 is 12.2 Å². The zero-order valence-corrected chi connectivity index (χ0v) is 20.4. The fraction of sp³-hybridized carbons (Fsp3) is 0.222. The van der Waals surface area contributed by atoms with Crippen LogP contribution in [0.3, 0.4) is 0 Å². The number of thiocarbonyl (C=S) groups is 1. The molecule has 3 aromatic rings. The maximum Gasteiger partial charge on any atom is 0.257 e. The number of nitrogens with one attached hydrogen (secondary N) is 3. The number of anilines is 2. The van der Waals surface area contributed by atoms with E-state index >= 15 is 0 Å². The third-order valence-corrected chi connectivity index (χ3v) is 5.17. The highest BCUT2D eigenvalue weighted by atomic mass is 32.1. The minimum Gasteiger partial charge on any atom is -0.494 e. The predicted molar refractivity (Wildman–Crippen MR) is 141 cm³/mol. The summed E-state index contributed by atoms with van der Waals surface area (Å²) in [6.07, 6.45) is 0.943. The molecule has 0 saturated carbocycles. The lowest BCUT2D eigenvalue weighted by molar-refractivity contribution is 0.0975. The molecule has 7 heteroatoms. The van der Waals surface area contributed by atoms with Gasteiger partial charge in [-0.15, -0.1) is 0 Å². The van der Waals surface area contributed by atoms with Crippen LogP contribution < -0.4 is 20.7 Å². The third-order valence-electron chi connectivity index (χ3n) is 4.97. The first-order valence-corrected chi connectivity index (χ1v) is 11.5. The van der Waals surface area contributed by atoms with Crippen molar-refractivity contribution in [3.63, 3.8) is 0 Å². The van der Waals surface area contributed by atoms with Crippen molar-refractivity contribution in [2.75, 3.05) is 17.2 Å². The van der Waals surface area contributed by atoms with Crippen LogP contribution in [-0.4, -0.2) is 23.5 Å². The monoisotopic (exact) mass is 475 g/mol. The summed E-state index contributed by atoms with van der Waals surface area (Å²) in [7, 11) is 0. The van der Waals surface area contributed by atoms with E-state index in [1.54, 1.807) is 48.5 Å². The summed E-state index contributed by atoms with van der Waals surface area (Å²) < 4.78 is 5.72. The third kappa shape index (κ3) is 7.71. The number of carbonyl (C=O) groups is 2. The lowest BCUT2D eigenvalue weighted by Crippen LogP contribution is -2.34. The zero-order valence-electron chi connectivity index (χ0n) is 19.6. The van der Waals surface area contributed by atoms with E-state index in [0.29, 0.717) is 40.8 Å². The van der Waals surface area contributed by atoms with Gasteiger partial charge in [-0.2, -0.15) is 0 Å². The van der Waals surface area contributed by atoms with Crippen LogP contribution in [-0.2, 0) is 0 Å². The van der Waals surface area contributed by atoms with Crippen molar-refractivity contribution in [1.82, 2.24) is 5.32 Å². The van der Waals surface area contributed by atoms with Crippen molar-refractivity contribution in [2.45, 2.75) is 27.2 Å². The molecule has 0 heterocycles. The lowest BCUT2D eigenvalue weighted by atomic mass is 10.1. The van der Waals surface area contributed by atoms with Gasteiger partial charge in [0.25, 0.3) is 11.8 Å². The lowest BCUT2D eigenvalue weighted by Gasteiger charge is -2.12. The van der Waals surface area contributed by atoms with Crippen molar-refractivity contribution < 1.29 is 14.3 Å². The first-order valence-electron chi connectivity index (χ1n) is 11.1. The molecule has 0 aromatic heterocycles. The van der Waals surface area contributed by atoms with E-state index in [4.69, 9.17) is 17.0 Å². The smallest absolute Gasteiger partial charge is 0.257 e. The van der Waals surface area contributed by atoms with Gasteiger partial charge in [0.2, 0.25) is 0 Å². The molecule has 0 saturated heterocycles. The Hall–Kier alpha value is -3.71. The summed E-state index contributed by atoms with van der Waals surface area (Å²) in [5.74, 6) is 0.695. The molecule has 34 heavy (non-hydrogen) atoms. The van der Waals surface area contributed by atoms with Gasteiger partial charge in [0.15, 0.2) is 5.11 Å². The number of hydrogen-bond acceptors (Lipinski definition) is 4. The molecule has 176 valence electrons. The largest absolute Gasteiger partial charge is 0.494 e. The van der Waals surface area contributed by atoms with Crippen molar-refractivity contribution in [2.24, 2.45) is 5.92 Å². The summed E-state index contributed by atoms with van der Waals surface area (Å²) >= 11 is 5.28. The predicted octanol–water partition coefficient (Wildman–Crippen LogP) is 5.80. The van der Waals surface area contributed by atoms with Gasteiger partial charge in [0.05, 0.1) is 6.61 Å². The Labute approximate surface area is 205 Å². The van der Waals surface area contributed by atoms with Crippen molar-refractivity contribution in [1.29, 1.82) is 0 Å².